The predicted octanol–water partition coefficient (Wildman–Crippen LogP) is 1.58. The van der Waals surface area contributed by atoms with E-state index in [-0.39, 0.29) is 36.7 Å². The Morgan fingerprint density at radius 2 is 2.07 bits per heavy atom. The van der Waals surface area contributed by atoms with Crippen molar-refractivity contribution in [2.75, 3.05) is 24.3 Å². The van der Waals surface area contributed by atoms with Crippen molar-refractivity contribution in [2.24, 2.45) is 16.6 Å². The zero-order valence-electron chi connectivity index (χ0n) is 15.5. The number of nitrogens with zero attached hydrogens (tertiary/aromatic N) is 1. The second-order valence-corrected chi connectivity index (χ2v) is 10.3. The number of carbonyl (C=O) groups excluding carboxylic acids is 1. The summed E-state index contributed by atoms with van der Waals surface area (Å²) >= 11 is 0. The minimum atomic E-state index is -3.83. The summed E-state index contributed by atoms with van der Waals surface area (Å²) in [5, 5.41) is 2.33. The van der Waals surface area contributed by atoms with Crippen LogP contribution in [-0.2, 0) is 24.9 Å². The highest BCUT2D eigenvalue weighted by Crippen LogP contribution is 2.49. The van der Waals surface area contributed by atoms with Crippen LogP contribution in [0, 0.1) is 11.7 Å². The molecule has 7 nitrogen and oxygen atoms in total. The third-order valence-corrected chi connectivity index (χ3v) is 8.51. The van der Waals surface area contributed by atoms with Crippen molar-refractivity contribution in [2.45, 2.75) is 36.0 Å². The monoisotopic (exact) mass is 431 g/mol. The quantitative estimate of drug-likeness (QED) is 0.755. The number of hydrogen-bond acceptors (Lipinski definition) is 6. The van der Waals surface area contributed by atoms with Crippen LogP contribution < -0.4 is 11.1 Å². The molecule has 1 spiro atoms. The maximum atomic E-state index is 14.6. The topological polar surface area (TPSA) is 111 Å². The maximum Gasteiger partial charge on any atom is 0.260 e. The Morgan fingerprint density at radius 3 is 2.62 bits per heavy atom. The molecular weight excluding hydrogens is 411 g/mol. The molecule has 1 aromatic rings. The number of aliphatic imine (C=N–C) groups is 1. The van der Waals surface area contributed by atoms with Crippen LogP contribution in [0.3, 0.4) is 0 Å². The molecule has 0 bridgehead atoms. The molecule has 2 heterocycles. The van der Waals surface area contributed by atoms with Crippen molar-refractivity contribution in [3.63, 3.8) is 0 Å². The maximum absolute atomic E-state index is 14.6. The number of halogens is 3. The van der Waals surface area contributed by atoms with Gasteiger partial charge in [-0.05, 0) is 31.5 Å². The Labute approximate surface area is 165 Å². The number of anilines is 1. The third-order valence-electron chi connectivity index (χ3n) is 5.84. The minimum Gasteiger partial charge on any atom is -0.386 e. The van der Waals surface area contributed by atoms with E-state index >= 15 is 0 Å². The number of hydrogen-bond donors (Lipinski definition) is 2. The molecule has 1 saturated heterocycles. The van der Waals surface area contributed by atoms with Gasteiger partial charge in [0.25, 0.3) is 5.92 Å². The largest absolute Gasteiger partial charge is 0.386 e. The van der Waals surface area contributed by atoms with Gasteiger partial charge in [0.05, 0.1) is 12.4 Å². The molecule has 0 aromatic heterocycles. The van der Waals surface area contributed by atoms with Crippen LogP contribution in [0.5, 0.6) is 0 Å². The molecule has 4 rings (SSSR count). The van der Waals surface area contributed by atoms with E-state index in [9.17, 15) is 26.4 Å². The molecule has 2 fully saturated rings. The molecular formula is C18H20F3N3O4S. The SMILES string of the molecule is C[C@@]1(c2cc(NC(=O)C3CC3(F)F)ccc2F)CS(=O)(=O)[C@]2(CCOC2)C(N)=N1. The van der Waals surface area contributed by atoms with E-state index in [1.807, 2.05) is 0 Å². The van der Waals surface area contributed by atoms with Crippen LogP contribution in [0.2, 0.25) is 0 Å². The number of benzene rings is 1. The summed E-state index contributed by atoms with van der Waals surface area (Å²) in [7, 11) is -3.83. The molecule has 3 atom stereocenters. The second kappa shape index (κ2) is 6.18. The summed E-state index contributed by atoms with van der Waals surface area (Å²) in [6.45, 7) is 1.56. The summed E-state index contributed by atoms with van der Waals surface area (Å²) in [6, 6.07) is 3.46. The van der Waals surface area contributed by atoms with Gasteiger partial charge in [0, 0.05) is 24.3 Å². The Morgan fingerprint density at radius 1 is 1.38 bits per heavy atom. The summed E-state index contributed by atoms with van der Waals surface area (Å²) in [4.78, 5) is 16.3. The first-order valence-electron chi connectivity index (χ1n) is 9.05. The zero-order valence-corrected chi connectivity index (χ0v) is 16.4. The van der Waals surface area contributed by atoms with Gasteiger partial charge in [-0.25, -0.2) is 21.6 Å². The Kier molecular flexibility index (Phi) is 4.29. The van der Waals surface area contributed by atoms with Gasteiger partial charge >= 0.3 is 0 Å². The molecule has 11 heteroatoms. The number of amides is 1. The second-order valence-electron chi connectivity index (χ2n) is 8.03. The molecule has 29 heavy (non-hydrogen) atoms. The van der Waals surface area contributed by atoms with Crippen LogP contribution >= 0.6 is 0 Å². The van der Waals surface area contributed by atoms with E-state index in [1.54, 1.807) is 0 Å². The Hall–Kier alpha value is -2.14. The summed E-state index contributed by atoms with van der Waals surface area (Å²) in [5.74, 6) is -6.72. The van der Waals surface area contributed by atoms with Gasteiger partial charge in [-0.1, -0.05) is 0 Å². The van der Waals surface area contributed by atoms with Crippen molar-refractivity contribution in [1.82, 2.24) is 0 Å². The molecule has 1 aliphatic carbocycles. The van der Waals surface area contributed by atoms with E-state index in [0.717, 1.165) is 6.07 Å². The van der Waals surface area contributed by atoms with Crippen LogP contribution in [0.4, 0.5) is 18.9 Å². The number of ether oxygens (including phenoxy) is 1. The Bertz CT molecular complexity index is 1020. The van der Waals surface area contributed by atoms with Crippen molar-refractivity contribution in [1.29, 1.82) is 0 Å². The number of rotatable bonds is 3. The minimum absolute atomic E-state index is 0.0750. The van der Waals surface area contributed by atoms with Crippen LogP contribution in [0.25, 0.3) is 0 Å². The molecule has 0 radical (unpaired) electrons. The highest BCUT2D eigenvalue weighted by Gasteiger charge is 2.61. The van der Waals surface area contributed by atoms with Gasteiger partial charge in [-0.15, -0.1) is 0 Å². The fourth-order valence-corrected chi connectivity index (χ4v) is 6.20. The molecule has 1 amide bonds. The lowest BCUT2D eigenvalue weighted by Gasteiger charge is -2.39. The van der Waals surface area contributed by atoms with E-state index in [0.29, 0.717) is 0 Å². The first kappa shape index (κ1) is 20.1. The fourth-order valence-electron chi connectivity index (χ4n) is 3.94. The van der Waals surface area contributed by atoms with E-state index in [4.69, 9.17) is 10.5 Å². The molecule has 1 saturated carbocycles. The van der Waals surface area contributed by atoms with Crippen molar-refractivity contribution in [3.8, 4) is 0 Å². The lowest BCUT2D eigenvalue weighted by molar-refractivity contribution is -0.119. The summed E-state index contributed by atoms with van der Waals surface area (Å²) < 4.78 is 70.7. The van der Waals surface area contributed by atoms with Crippen LogP contribution in [0.15, 0.2) is 23.2 Å². The zero-order chi connectivity index (χ0) is 21.2. The van der Waals surface area contributed by atoms with Gasteiger partial charge in [0.15, 0.2) is 14.6 Å². The Balaban J connectivity index is 1.69. The molecule has 3 N–H and O–H groups in total. The van der Waals surface area contributed by atoms with Gasteiger partial charge < -0.3 is 15.8 Å². The van der Waals surface area contributed by atoms with Crippen LogP contribution in [-0.4, -0.2) is 49.8 Å². The highest BCUT2D eigenvalue weighted by molar-refractivity contribution is 7.93. The predicted molar refractivity (Wildman–Crippen MR) is 99.0 cm³/mol. The molecule has 1 unspecified atom stereocenters. The average molecular weight is 431 g/mol. The standard InChI is InChI=1S/C18H20F3N3O4S/c1-16(9-29(26,27)17(15(22)24-16)4-5-28-8-17)11-6-10(2-3-13(11)19)23-14(25)12-7-18(12,20)21/h2-3,6,12H,4-5,7-9H2,1H3,(H2,22,24)(H,23,25)/t12?,16-,17-/m0/s1. The molecule has 3 aliphatic rings. The van der Waals surface area contributed by atoms with E-state index in [2.05, 4.69) is 10.3 Å². The van der Waals surface area contributed by atoms with Gasteiger partial charge in [0.2, 0.25) is 5.91 Å². The fraction of sp³-hybridized carbons (Fsp3) is 0.556. The van der Waals surface area contributed by atoms with Crippen molar-refractivity contribution >= 4 is 27.3 Å². The molecule has 1 aromatic carbocycles. The van der Waals surface area contributed by atoms with E-state index in [1.165, 1.54) is 19.1 Å². The normalized spacial score (nSPS) is 34.6. The molecule has 2 aliphatic heterocycles. The van der Waals surface area contributed by atoms with Crippen molar-refractivity contribution in [3.05, 3.63) is 29.6 Å². The van der Waals surface area contributed by atoms with Crippen LogP contribution in [0.1, 0.15) is 25.3 Å². The third kappa shape index (κ3) is 3.10. The number of carbonyl (C=O) groups is 1. The number of nitrogens with two attached hydrogens (primary N) is 1. The molecule has 158 valence electrons. The average Bonchev–Trinajstić information content (AvgIpc) is 3.03. The summed E-state index contributed by atoms with van der Waals surface area (Å²) in [5.41, 5.74) is 4.47. The lowest BCUT2D eigenvalue weighted by Crippen LogP contribution is -2.58. The van der Waals surface area contributed by atoms with Gasteiger partial charge in [0.1, 0.15) is 23.1 Å². The first-order chi connectivity index (χ1) is 13.4. The van der Waals surface area contributed by atoms with E-state index < -0.39 is 55.9 Å². The smallest absolute Gasteiger partial charge is 0.260 e. The highest BCUT2D eigenvalue weighted by atomic mass is 32.2. The first-order valence-corrected chi connectivity index (χ1v) is 10.7. The number of nitrogens with one attached hydrogen (secondary N) is 1. The van der Waals surface area contributed by atoms with Gasteiger partial charge in [-0.2, -0.15) is 0 Å². The lowest BCUT2D eigenvalue weighted by atomic mass is 9.92. The number of amidine groups is 1. The number of sulfone groups is 1. The van der Waals surface area contributed by atoms with Gasteiger partial charge in [-0.3, -0.25) is 9.79 Å². The summed E-state index contributed by atoms with van der Waals surface area (Å²) in [6.07, 6.45) is -0.358. The van der Waals surface area contributed by atoms with Crippen molar-refractivity contribution < 1.29 is 31.1 Å². The number of alkyl halides is 2.